The molecule has 0 aliphatic rings. The van der Waals surface area contributed by atoms with Crippen molar-refractivity contribution in [2.75, 3.05) is 13.2 Å². The summed E-state index contributed by atoms with van der Waals surface area (Å²) >= 11 is 0. The van der Waals surface area contributed by atoms with Gasteiger partial charge in [-0.1, -0.05) is 19.9 Å². The van der Waals surface area contributed by atoms with E-state index in [1.54, 1.807) is 0 Å². The molecule has 2 unspecified atom stereocenters. The van der Waals surface area contributed by atoms with E-state index in [-0.39, 0.29) is 0 Å². The average Bonchev–Trinajstić information content (AvgIpc) is 2.40. The van der Waals surface area contributed by atoms with Crippen molar-refractivity contribution in [3.63, 3.8) is 0 Å². The van der Waals surface area contributed by atoms with Crippen LogP contribution in [-0.2, 0) is 0 Å². The average molecular weight is 265 g/mol. The fraction of sp³-hybridized carbons (Fsp3) is 0.625. The van der Waals surface area contributed by atoms with E-state index < -0.39 is 6.10 Å². The molecule has 3 heteroatoms. The predicted octanol–water partition coefficient (Wildman–Crippen LogP) is 2.91. The fourth-order valence-electron chi connectivity index (χ4n) is 2.35. The van der Waals surface area contributed by atoms with E-state index in [0.717, 1.165) is 18.8 Å². The smallest absolute Gasteiger partial charge is 0.122 e. The number of aliphatic hydroxyl groups excluding tert-OH is 1. The van der Waals surface area contributed by atoms with Crippen LogP contribution in [0.2, 0.25) is 0 Å². The van der Waals surface area contributed by atoms with Crippen LogP contribution in [0.1, 0.15) is 49.3 Å². The minimum absolute atomic E-state index is 0.303. The zero-order chi connectivity index (χ0) is 14.4. The van der Waals surface area contributed by atoms with Gasteiger partial charge in [-0.3, -0.25) is 0 Å². The molecule has 0 fully saturated rings. The SMILES string of the molecule is CCCOc1ccc(C(C)CC(O)CN)c(C)c1C. The molecule has 0 amide bonds. The van der Waals surface area contributed by atoms with Gasteiger partial charge in [-0.2, -0.15) is 0 Å². The first-order valence-electron chi connectivity index (χ1n) is 7.12. The minimum atomic E-state index is -0.425. The number of aliphatic hydroxyl groups is 1. The van der Waals surface area contributed by atoms with Gasteiger partial charge in [-0.15, -0.1) is 0 Å². The zero-order valence-corrected chi connectivity index (χ0v) is 12.6. The zero-order valence-electron chi connectivity index (χ0n) is 12.6. The summed E-state index contributed by atoms with van der Waals surface area (Å²) in [4.78, 5) is 0. The lowest BCUT2D eigenvalue weighted by Crippen LogP contribution is -2.21. The molecule has 0 saturated carbocycles. The number of ether oxygens (including phenoxy) is 1. The van der Waals surface area contributed by atoms with E-state index in [9.17, 15) is 5.11 Å². The molecule has 2 atom stereocenters. The van der Waals surface area contributed by atoms with Gasteiger partial charge in [0, 0.05) is 6.54 Å². The molecule has 0 saturated heterocycles. The Balaban J connectivity index is 2.89. The first-order chi connectivity index (χ1) is 9.01. The molecule has 0 bridgehead atoms. The van der Waals surface area contributed by atoms with Gasteiger partial charge in [-0.05, 0) is 55.4 Å². The maximum absolute atomic E-state index is 9.67. The van der Waals surface area contributed by atoms with E-state index in [4.69, 9.17) is 10.5 Å². The molecule has 19 heavy (non-hydrogen) atoms. The third kappa shape index (κ3) is 4.22. The second-order valence-corrected chi connectivity index (χ2v) is 5.28. The Bertz CT molecular complexity index is 404. The van der Waals surface area contributed by atoms with Crippen LogP contribution in [0.5, 0.6) is 5.75 Å². The molecule has 0 aromatic heterocycles. The van der Waals surface area contributed by atoms with Gasteiger partial charge in [0.2, 0.25) is 0 Å². The lowest BCUT2D eigenvalue weighted by atomic mass is 9.89. The van der Waals surface area contributed by atoms with E-state index in [0.29, 0.717) is 18.9 Å². The van der Waals surface area contributed by atoms with Crippen LogP contribution in [0.4, 0.5) is 0 Å². The highest BCUT2D eigenvalue weighted by molar-refractivity contribution is 5.44. The molecule has 1 rings (SSSR count). The summed E-state index contributed by atoms with van der Waals surface area (Å²) in [6, 6.07) is 4.15. The molecular weight excluding hydrogens is 238 g/mol. The van der Waals surface area contributed by atoms with Gasteiger partial charge >= 0.3 is 0 Å². The normalized spacial score (nSPS) is 14.2. The quantitative estimate of drug-likeness (QED) is 0.797. The van der Waals surface area contributed by atoms with Gasteiger partial charge in [0.15, 0.2) is 0 Å². The van der Waals surface area contributed by atoms with Crippen LogP contribution >= 0.6 is 0 Å². The van der Waals surface area contributed by atoms with Crippen LogP contribution in [0.25, 0.3) is 0 Å². The van der Waals surface area contributed by atoms with Crippen molar-refractivity contribution >= 4 is 0 Å². The third-order valence-corrected chi connectivity index (χ3v) is 3.67. The lowest BCUT2D eigenvalue weighted by Gasteiger charge is -2.20. The van der Waals surface area contributed by atoms with Crippen molar-refractivity contribution in [2.45, 2.75) is 52.6 Å². The van der Waals surface area contributed by atoms with Crippen LogP contribution in [0, 0.1) is 13.8 Å². The topological polar surface area (TPSA) is 55.5 Å². The molecule has 0 heterocycles. The second-order valence-electron chi connectivity index (χ2n) is 5.28. The first-order valence-corrected chi connectivity index (χ1v) is 7.12. The fourth-order valence-corrected chi connectivity index (χ4v) is 2.35. The monoisotopic (exact) mass is 265 g/mol. The Morgan fingerprint density at radius 1 is 1.26 bits per heavy atom. The van der Waals surface area contributed by atoms with Crippen molar-refractivity contribution in [3.8, 4) is 5.75 Å². The Morgan fingerprint density at radius 3 is 2.53 bits per heavy atom. The molecule has 3 nitrogen and oxygen atoms in total. The summed E-state index contributed by atoms with van der Waals surface area (Å²) in [6.07, 6.45) is 1.29. The van der Waals surface area contributed by atoms with Crippen molar-refractivity contribution in [2.24, 2.45) is 5.73 Å². The number of rotatable bonds is 7. The van der Waals surface area contributed by atoms with Gasteiger partial charge in [-0.25, -0.2) is 0 Å². The van der Waals surface area contributed by atoms with Gasteiger partial charge in [0.1, 0.15) is 5.75 Å². The van der Waals surface area contributed by atoms with Crippen LogP contribution in [-0.4, -0.2) is 24.4 Å². The molecule has 0 aliphatic carbocycles. The molecule has 108 valence electrons. The number of nitrogens with two attached hydrogens (primary N) is 1. The van der Waals surface area contributed by atoms with Crippen molar-refractivity contribution in [3.05, 3.63) is 28.8 Å². The highest BCUT2D eigenvalue weighted by Gasteiger charge is 2.15. The summed E-state index contributed by atoms with van der Waals surface area (Å²) in [5.41, 5.74) is 9.20. The van der Waals surface area contributed by atoms with Gasteiger partial charge in [0.05, 0.1) is 12.7 Å². The maximum Gasteiger partial charge on any atom is 0.122 e. The molecule has 0 spiro atoms. The van der Waals surface area contributed by atoms with E-state index >= 15 is 0 Å². The summed E-state index contributed by atoms with van der Waals surface area (Å²) in [7, 11) is 0. The van der Waals surface area contributed by atoms with Gasteiger partial charge < -0.3 is 15.6 Å². The lowest BCUT2D eigenvalue weighted by molar-refractivity contribution is 0.165. The maximum atomic E-state index is 9.67. The molecular formula is C16H27NO2. The third-order valence-electron chi connectivity index (χ3n) is 3.67. The highest BCUT2D eigenvalue weighted by Crippen LogP contribution is 2.30. The van der Waals surface area contributed by atoms with Crippen molar-refractivity contribution < 1.29 is 9.84 Å². The minimum Gasteiger partial charge on any atom is -0.493 e. The largest absolute Gasteiger partial charge is 0.493 e. The molecule has 0 radical (unpaired) electrons. The van der Waals surface area contributed by atoms with Crippen molar-refractivity contribution in [1.82, 2.24) is 0 Å². The Kier molecular flexibility index (Phi) is 6.32. The van der Waals surface area contributed by atoms with E-state index in [2.05, 4.69) is 33.8 Å². The Hall–Kier alpha value is -1.06. The van der Waals surface area contributed by atoms with E-state index in [1.165, 1.54) is 16.7 Å². The van der Waals surface area contributed by atoms with Crippen LogP contribution in [0.15, 0.2) is 12.1 Å². The summed E-state index contributed by atoms with van der Waals surface area (Å²) < 4.78 is 5.73. The summed E-state index contributed by atoms with van der Waals surface area (Å²) in [5.74, 6) is 1.27. The number of hydrogen-bond acceptors (Lipinski definition) is 3. The molecule has 1 aromatic carbocycles. The molecule has 0 aliphatic heterocycles. The summed E-state index contributed by atoms with van der Waals surface area (Å²) in [5, 5.41) is 9.67. The van der Waals surface area contributed by atoms with Gasteiger partial charge in [0.25, 0.3) is 0 Å². The van der Waals surface area contributed by atoms with Crippen LogP contribution < -0.4 is 10.5 Å². The van der Waals surface area contributed by atoms with Crippen LogP contribution in [0.3, 0.4) is 0 Å². The van der Waals surface area contributed by atoms with E-state index in [1.807, 2.05) is 6.07 Å². The standard InChI is InChI=1S/C16H27NO2/c1-5-8-19-16-7-6-15(12(3)13(16)4)11(2)9-14(18)10-17/h6-7,11,14,18H,5,8-10,17H2,1-4H3. The summed E-state index contributed by atoms with van der Waals surface area (Å²) in [6.45, 7) is 9.52. The second kappa shape index (κ2) is 7.51. The predicted molar refractivity (Wildman–Crippen MR) is 79.8 cm³/mol. The molecule has 3 N–H and O–H groups in total. The first kappa shape index (κ1) is 16.0. The number of hydrogen-bond donors (Lipinski definition) is 2. The van der Waals surface area contributed by atoms with Crippen molar-refractivity contribution in [1.29, 1.82) is 0 Å². The molecule has 1 aromatic rings. The Labute approximate surface area is 116 Å². The highest BCUT2D eigenvalue weighted by atomic mass is 16.5. The number of benzene rings is 1. The Morgan fingerprint density at radius 2 is 1.95 bits per heavy atom.